The van der Waals surface area contributed by atoms with Crippen LogP contribution in [0.15, 0.2) is 59.1 Å². The van der Waals surface area contributed by atoms with E-state index in [2.05, 4.69) is 9.88 Å². The third-order valence-electron chi connectivity index (χ3n) is 4.46. The van der Waals surface area contributed by atoms with Gasteiger partial charge in [0.25, 0.3) is 0 Å². The van der Waals surface area contributed by atoms with Gasteiger partial charge in [-0.15, -0.1) is 0 Å². The fourth-order valence-corrected chi connectivity index (χ4v) is 4.14. The molecule has 4 rings (SSSR count). The van der Waals surface area contributed by atoms with Crippen LogP contribution < -0.4 is 4.90 Å². The van der Waals surface area contributed by atoms with Gasteiger partial charge in [0, 0.05) is 29.9 Å². The first-order valence-corrected chi connectivity index (χ1v) is 10.1. The molecule has 1 fully saturated rings. The van der Waals surface area contributed by atoms with E-state index >= 15 is 0 Å². The molecule has 1 aromatic heterocycles. The van der Waals surface area contributed by atoms with Gasteiger partial charge in [-0.2, -0.15) is 0 Å². The molecule has 0 bridgehead atoms. The Kier molecular flexibility index (Phi) is 4.24. The monoisotopic (exact) mass is 372 g/mol. The van der Waals surface area contributed by atoms with Gasteiger partial charge in [0.1, 0.15) is 5.82 Å². The molecule has 0 aliphatic carbocycles. The first kappa shape index (κ1) is 16.8. The summed E-state index contributed by atoms with van der Waals surface area (Å²) in [6, 6.07) is 13.7. The molecule has 0 amide bonds. The molecule has 0 N–H and O–H groups in total. The van der Waals surface area contributed by atoms with Crippen molar-refractivity contribution in [2.45, 2.75) is 0 Å². The second-order valence-corrected chi connectivity index (χ2v) is 8.53. The zero-order valence-corrected chi connectivity index (χ0v) is 14.7. The number of sulfone groups is 1. The van der Waals surface area contributed by atoms with Crippen molar-refractivity contribution >= 4 is 15.5 Å². The molecule has 0 radical (unpaired) electrons. The summed E-state index contributed by atoms with van der Waals surface area (Å²) in [5.74, 6) is 1.14. The fourth-order valence-electron chi connectivity index (χ4n) is 2.94. The van der Waals surface area contributed by atoms with Crippen molar-refractivity contribution in [2.75, 3.05) is 29.5 Å². The summed E-state index contributed by atoms with van der Waals surface area (Å²) >= 11 is 0. The van der Waals surface area contributed by atoms with Gasteiger partial charge < -0.3 is 9.32 Å². The van der Waals surface area contributed by atoms with E-state index in [0.717, 1.165) is 11.3 Å². The zero-order valence-electron chi connectivity index (χ0n) is 13.9. The molecule has 0 unspecified atom stereocenters. The maximum absolute atomic E-state index is 13.0. The molecule has 0 saturated carbocycles. The Morgan fingerprint density at radius 1 is 0.923 bits per heavy atom. The van der Waals surface area contributed by atoms with E-state index < -0.39 is 9.84 Å². The van der Waals surface area contributed by atoms with Crippen LogP contribution in [0.2, 0.25) is 0 Å². The van der Waals surface area contributed by atoms with Crippen LogP contribution in [0.4, 0.5) is 10.1 Å². The average molecular weight is 372 g/mol. The second-order valence-electron chi connectivity index (χ2n) is 6.22. The van der Waals surface area contributed by atoms with Crippen LogP contribution in [-0.4, -0.2) is 38.0 Å². The van der Waals surface area contributed by atoms with Gasteiger partial charge in [0.15, 0.2) is 15.6 Å². The summed E-state index contributed by atoms with van der Waals surface area (Å²) in [4.78, 5) is 6.32. The van der Waals surface area contributed by atoms with Gasteiger partial charge in [-0.3, -0.25) is 0 Å². The normalized spacial score (nSPS) is 16.6. The molecule has 0 spiro atoms. The van der Waals surface area contributed by atoms with E-state index in [1.165, 1.54) is 12.1 Å². The van der Waals surface area contributed by atoms with Crippen LogP contribution in [0.5, 0.6) is 0 Å². The highest BCUT2D eigenvalue weighted by Crippen LogP contribution is 2.28. The molecule has 1 aliphatic rings. The number of aromatic nitrogens is 1. The lowest BCUT2D eigenvalue weighted by atomic mass is 10.1. The molecule has 0 atom stereocenters. The Labute approximate surface area is 151 Å². The van der Waals surface area contributed by atoms with Gasteiger partial charge in [0.05, 0.1) is 17.7 Å². The van der Waals surface area contributed by atoms with Crippen LogP contribution in [0.25, 0.3) is 22.8 Å². The van der Waals surface area contributed by atoms with E-state index in [9.17, 15) is 12.8 Å². The summed E-state index contributed by atoms with van der Waals surface area (Å²) < 4.78 is 41.9. The SMILES string of the molecule is O=S1(=O)CCN(c2ccc(-c3cnc(-c4ccc(F)cc4)o3)cc2)CC1. The summed E-state index contributed by atoms with van der Waals surface area (Å²) in [5, 5.41) is 0. The number of nitrogens with zero attached hydrogens (tertiary/aromatic N) is 2. The summed E-state index contributed by atoms with van der Waals surface area (Å²) in [6.45, 7) is 1.03. The highest BCUT2D eigenvalue weighted by molar-refractivity contribution is 7.91. The topological polar surface area (TPSA) is 63.4 Å². The number of oxazole rings is 1. The molecular formula is C19H17FN2O3S. The smallest absolute Gasteiger partial charge is 0.226 e. The van der Waals surface area contributed by atoms with E-state index in [-0.39, 0.29) is 17.3 Å². The molecule has 2 aromatic carbocycles. The van der Waals surface area contributed by atoms with E-state index in [1.54, 1.807) is 18.3 Å². The maximum atomic E-state index is 13.0. The van der Waals surface area contributed by atoms with Crippen molar-refractivity contribution in [1.29, 1.82) is 0 Å². The molecule has 7 heteroatoms. The number of benzene rings is 2. The molecule has 5 nitrogen and oxygen atoms in total. The van der Waals surface area contributed by atoms with Gasteiger partial charge in [-0.1, -0.05) is 0 Å². The maximum Gasteiger partial charge on any atom is 0.226 e. The molecule has 134 valence electrons. The predicted molar refractivity (Wildman–Crippen MR) is 98.2 cm³/mol. The van der Waals surface area contributed by atoms with Crippen molar-refractivity contribution in [3.63, 3.8) is 0 Å². The second kappa shape index (κ2) is 6.57. The van der Waals surface area contributed by atoms with Gasteiger partial charge in [0.2, 0.25) is 5.89 Å². The van der Waals surface area contributed by atoms with Crippen LogP contribution in [0, 0.1) is 5.82 Å². The van der Waals surface area contributed by atoms with Crippen LogP contribution in [-0.2, 0) is 9.84 Å². The van der Waals surface area contributed by atoms with E-state index in [4.69, 9.17) is 4.42 Å². The zero-order chi connectivity index (χ0) is 18.1. The fraction of sp³-hybridized carbons (Fsp3) is 0.211. The molecule has 26 heavy (non-hydrogen) atoms. The Bertz CT molecular complexity index is 998. The standard InChI is InChI=1S/C19H17FN2O3S/c20-16-5-1-15(2-6-16)19-21-13-18(25-19)14-3-7-17(8-4-14)22-9-11-26(23,24)12-10-22/h1-8,13H,9-12H2. The third-order valence-corrected chi connectivity index (χ3v) is 6.07. The van der Waals surface area contributed by atoms with Gasteiger partial charge >= 0.3 is 0 Å². The minimum absolute atomic E-state index is 0.192. The van der Waals surface area contributed by atoms with Gasteiger partial charge in [-0.25, -0.2) is 17.8 Å². The van der Waals surface area contributed by atoms with Gasteiger partial charge in [-0.05, 0) is 48.5 Å². The van der Waals surface area contributed by atoms with Crippen molar-refractivity contribution in [1.82, 2.24) is 4.98 Å². The highest BCUT2D eigenvalue weighted by Gasteiger charge is 2.21. The summed E-state index contributed by atoms with van der Waals surface area (Å²) in [5.41, 5.74) is 2.57. The predicted octanol–water partition coefficient (Wildman–Crippen LogP) is 3.38. The van der Waals surface area contributed by atoms with E-state index in [1.807, 2.05) is 24.3 Å². The van der Waals surface area contributed by atoms with Crippen molar-refractivity contribution in [2.24, 2.45) is 0 Å². The minimum atomic E-state index is -2.89. The number of halogens is 1. The average Bonchev–Trinajstić information content (AvgIpc) is 3.13. The molecule has 1 saturated heterocycles. The summed E-state index contributed by atoms with van der Waals surface area (Å²) in [6.07, 6.45) is 1.64. The van der Waals surface area contributed by atoms with Crippen LogP contribution in [0.3, 0.4) is 0 Å². The molecule has 2 heterocycles. The lowest BCUT2D eigenvalue weighted by Gasteiger charge is -2.28. The Hall–Kier alpha value is -2.67. The lowest BCUT2D eigenvalue weighted by molar-refractivity contribution is 0.586. The number of hydrogen-bond acceptors (Lipinski definition) is 5. The van der Waals surface area contributed by atoms with Crippen molar-refractivity contribution in [3.05, 3.63) is 60.5 Å². The quantitative estimate of drug-likeness (QED) is 0.705. The largest absolute Gasteiger partial charge is 0.436 e. The molecule has 3 aromatic rings. The first-order valence-electron chi connectivity index (χ1n) is 8.28. The minimum Gasteiger partial charge on any atom is -0.436 e. The molecule has 1 aliphatic heterocycles. The first-order chi connectivity index (χ1) is 12.5. The highest BCUT2D eigenvalue weighted by atomic mass is 32.2. The number of rotatable bonds is 3. The Balaban J connectivity index is 1.51. The van der Waals surface area contributed by atoms with Crippen molar-refractivity contribution < 1.29 is 17.2 Å². The third kappa shape index (κ3) is 3.48. The summed E-state index contributed by atoms with van der Waals surface area (Å²) in [7, 11) is -2.89. The van der Waals surface area contributed by atoms with Crippen LogP contribution >= 0.6 is 0 Å². The van der Waals surface area contributed by atoms with Crippen molar-refractivity contribution in [3.8, 4) is 22.8 Å². The molecular weight excluding hydrogens is 355 g/mol. The van der Waals surface area contributed by atoms with Crippen LogP contribution in [0.1, 0.15) is 0 Å². The Morgan fingerprint density at radius 2 is 1.54 bits per heavy atom. The van der Waals surface area contributed by atoms with E-state index in [0.29, 0.717) is 30.3 Å². The number of hydrogen-bond donors (Lipinski definition) is 0. The number of anilines is 1. The Morgan fingerprint density at radius 3 is 2.19 bits per heavy atom. The lowest BCUT2D eigenvalue weighted by Crippen LogP contribution is -2.40.